The third kappa shape index (κ3) is 3.03. The largest absolute Gasteiger partial charge is 0.124 e. The van der Waals surface area contributed by atoms with Gasteiger partial charge in [-0.25, -0.2) is 0 Å². The molecular formula is C13H22Cl2. The molecule has 2 saturated carbocycles. The van der Waals surface area contributed by atoms with E-state index in [0.29, 0.717) is 11.8 Å². The average molecular weight is 249 g/mol. The first-order valence-corrected chi connectivity index (χ1v) is 7.36. The van der Waals surface area contributed by atoms with Crippen LogP contribution in [0.3, 0.4) is 0 Å². The van der Waals surface area contributed by atoms with Gasteiger partial charge in [0.1, 0.15) is 4.33 Å². The molecule has 0 spiro atoms. The molecule has 0 N–H and O–H groups in total. The maximum Gasteiger partial charge on any atom is 0.124 e. The third-order valence-electron chi connectivity index (χ3n) is 4.15. The summed E-state index contributed by atoms with van der Waals surface area (Å²) in [7, 11) is 0. The molecule has 2 heteroatoms. The van der Waals surface area contributed by atoms with Crippen LogP contribution >= 0.6 is 23.2 Å². The van der Waals surface area contributed by atoms with Crippen molar-refractivity contribution in [1.82, 2.24) is 0 Å². The summed E-state index contributed by atoms with van der Waals surface area (Å²) in [6.07, 6.45) is 13.6. The summed E-state index contributed by atoms with van der Waals surface area (Å²) in [4.78, 5) is 0. The highest BCUT2D eigenvalue weighted by Crippen LogP contribution is 2.63. The van der Waals surface area contributed by atoms with Gasteiger partial charge in [-0.1, -0.05) is 51.4 Å². The second-order valence-corrected chi connectivity index (χ2v) is 6.74. The van der Waals surface area contributed by atoms with Gasteiger partial charge in [-0.3, -0.25) is 0 Å². The SMILES string of the molecule is ClC1(Cl)[C@@H]2CCCCCCCCCC[C@H]21. The fraction of sp³-hybridized carbons (Fsp3) is 1.00. The fourth-order valence-corrected chi connectivity index (χ4v) is 3.96. The number of hydrogen-bond acceptors (Lipinski definition) is 0. The van der Waals surface area contributed by atoms with Crippen molar-refractivity contribution in [3.05, 3.63) is 0 Å². The van der Waals surface area contributed by atoms with E-state index in [1.165, 1.54) is 64.2 Å². The minimum Gasteiger partial charge on any atom is -0.101 e. The van der Waals surface area contributed by atoms with Gasteiger partial charge in [-0.15, -0.1) is 23.2 Å². The van der Waals surface area contributed by atoms with Gasteiger partial charge >= 0.3 is 0 Å². The van der Waals surface area contributed by atoms with Crippen LogP contribution in [0.15, 0.2) is 0 Å². The minimum absolute atomic E-state index is 0.353. The molecule has 2 atom stereocenters. The van der Waals surface area contributed by atoms with E-state index >= 15 is 0 Å². The van der Waals surface area contributed by atoms with Crippen molar-refractivity contribution in [2.75, 3.05) is 0 Å². The molecule has 15 heavy (non-hydrogen) atoms. The Bertz CT molecular complexity index is 181. The van der Waals surface area contributed by atoms with E-state index in [-0.39, 0.29) is 4.33 Å². The molecule has 0 radical (unpaired) electrons. The van der Waals surface area contributed by atoms with Crippen LogP contribution in [0.4, 0.5) is 0 Å². The summed E-state index contributed by atoms with van der Waals surface area (Å²) in [6.45, 7) is 0. The van der Waals surface area contributed by atoms with Crippen LogP contribution in [0.2, 0.25) is 0 Å². The summed E-state index contributed by atoms with van der Waals surface area (Å²) in [6, 6.07) is 0. The van der Waals surface area contributed by atoms with Crippen molar-refractivity contribution in [3.63, 3.8) is 0 Å². The van der Waals surface area contributed by atoms with Crippen molar-refractivity contribution in [3.8, 4) is 0 Å². The van der Waals surface area contributed by atoms with Gasteiger partial charge in [0.15, 0.2) is 0 Å². The Kier molecular flexibility index (Phi) is 4.24. The molecule has 0 aromatic heterocycles. The van der Waals surface area contributed by atoms with E-state index < -0.39 is 0 Å². The highest BCUT2D eigenvalue weighted by atomic mass is 35.5. The van der Waals surface area contributed by atoms with Gasteiger partial charge in [0, 0.05) is 0 Å². The van der Waals surface area contributed by atoms with Gasteiger partial charge in [-0.2, -0.15) is 0 Å². The van der Waals surface area contributed by atoms with E-state index in [9.17, 15) is 0 Å². The number of rotatable bonds is 0. The normalized spacial score (nSPS) is 37.2. The average Bonchev–Trinajstić information content (AvgIpc) is 2.67. The van der Waals surface area contributed by atoms with Crippen LogP contribution in [0, 0.1) is 11.8 Å². The van der Waals surface area contributed by atoms with Crippen LogP contribution in [-0.2, 0) is 0 Å². The van der Waals surface area contributed by atoms with Crippen molar-refractivity contribution >= 4 is 23.2 Å². The molecule has 2 aliphatic carbocycles. The molecule has 0 bridgehead atoms. The Morgan fingerprint density at radius 2 is 0.933 bits per heavy atom. The molecule has 0 aromatic carbocycles. The third-order valence-corrected chi connectivity index (χ3v) is 5.27. The van der Waals surface area contributed by atoms with Crippen LogP contribution in [0.25, 0.3) is 0 Å². The molecule has 0 saturated heterocycles. The Balaban J connectivity index is 1.80. The summed E-state index contributed by atoms with van der Waals surface area (Å²) >= 11 is 12.6. The predicted molar refractivity (Wildman–Crippen MR) is 67.6 cm³/mol. The van der Waals surface area contributed by atoms with Crippen molar-refractivity contribution < 1.29 is 0 Å². The van der Waals surface area contributed by atoms with Gasteiger partial charge < -0.3 is 0 Å². The first-order chi connectivity index (χ1) is 7.23. The summed E-state index contributed by atoms with van der Waals surface area (Å²) < 4.78 is -0.353. The fourth-order valence-electron chi connectivity index (χ4n) is 3.04. The van der Waals surface area contributed by atoms with Crippen molar-refractivity contribution in [2.45, 2.75) is 68.5 Å². The van der Waals surface area contributed by atoms with Crippen molar-refractivity contribution in [1.29, 1.82) is 0 Å². The lowest BCUT2D eigenvalue weighted by atomic mass is 10.0. The van der Waals surface area contributed by atoms with E-state index in [4.69, 9.17) is 23.2 Å². The maximum absolute atomic E-state index is 6.31. The van der Waals surface area contributed by atoms with E-state index in [0.717, 1.165) is 0 Å². The second kappa shape index (κ2) is 5.27. The molecule has 0 nitrogen and oxygen atoms in total. The zero-order valence-electron chi connectivity index (χ0n) is 9.48. The molecule has 0 aromatic rings. The molecular weight excluding hydrogens is 227 g/mol. The lowest BCUT2D eigenvalue weighted by Gasteiger charge is -2.04. The Morgan fingerprint density at radius 3 is 1.33 bits per heavy atom. The highest BCUT2D eigenvalue weighted by Gasteiger charge is 2.61. The Hall–Kier alpha value is 0.580. The minimum atomic E-state index is -0.353. The number of halogens is 2. The molecule has 2 aliphatic rings. The summed E-state index contributed by atoms with van der Waals surface area (Å²) in [5, 5.41) is 0. The Labute approximate surface area is 104 Å². The molecule has 0 aliphatic heterocycles. The van der Waals surface area contributed by atoms with Gasteiger partial charge in [0.2, 0.25) is 0 Å². The zero-order chi connectivity index (χ0) is 10.7. The molecule has 0 heterocycles. The first kappa shape index (κ1) is 12.0. The summed E-state index contributed by atoms with van der Waals surface area (Å²) in [5.41, 5.74) is 0. The molecule has 0 unspecified atom stereocenters. The first-order valence-electron chi connectivity index (χ1n) is 6.61. The van der Waals surface area contributed by atoms with Crippen molar-refractivity contribution in [2.24, 2.45) is 11.8 Å². The van der Waals surface area contributed by atoms with Crippen LogP contribution in [0.5, 0.6) is 0 Å². The van der Waals surface area contributed by atoms with Crippen LogP contribution in [-0.4, -0.2) is 4.33 Å². The number of fused-ring (bicyclic) bond motifs is 1. The molecule has 2 fully saturated rings. The van der Waals surface area contributed by atoms with Crippen LogP contribution < -0.4 is 0 Å². The quantitative estimate of drug-likeness (QED) is 0.509. The maximum atomic E-state index is 6.31. The lowest BCUT2D eigenvalue weighted by molar-refractivity contribution is 0.491. The highest BCUT2D eigenvalue weighted by molar-refractivity contribution is 6.51. The zero-order valence-corrected chi connectivity index (χ0v) is 11.0. The number of alkyl halides is 2. The Morgan fingerprint density at radius 1 is 0.600 bits per heavy atom. The van der Waals surface area contributed by atoms with E-state index in [1.807, 2.05) is 0 Å². The van der Waals surface area contributed by atoms with Gasteiger partial charge in [-0.05, 0) is 24.7 Å². The predicted octanol–water partition coefficient (Wildman–Crippen LogP) is 5.32. The molecule has 88 valence electrons. The van der Waals surface area contributed by atoms with Gasteiger partial charge in [0.05, 0.1) is 0 Å². The van der Waals surface area contributed by atoms with Gasteiger partial charge in [0.25, 0.3) is 0 Å². The molecule has 0 amide bonds. The summed E-state index contributed by atoms with van der Waals surface area (Å²) in [5.74, 6) is 1.22. The topological polar surface area (TPSA) is 0 Å². The smallest absolute Gasteiger partial charge is 0.101 e. The standard InChI is InChI=1S/C13H22Cl2/c14-13(15)11-9-7-5-3-1-2-4-6-8-10-12(11)13/h11-12H,1-10H2/t11-,12-/m1/s1. The molecule has 2 rings (SSSR count). The lowest BCUT2D eigenvalue weighted by Crippen LogP contribution is -1.91. The van der Waals surface area contributed by atoms with E-state index in [2.05, 4.69) is 0 Å². The van der Waals surface area contributed by atoms with E-state index in [1.54, 1.807) is 0 Å². The monoisotopic (exact) mass is 248 g/mol. The van der Waals surface area contributed by atoms with Crippen LogP contribution in [0.1, 0.15) is 64.2 Å². The number of hydrogen-bond donors (Lipinski definition) is 0. The second-order valence-electron chi connectivity index (χ2n) is 5.29.